The van der Waals surface area contributed by atoms with Crippen LogP contribution < -0.4 is 10.2 Å². The van der Waals surface area contributed by atoms with E-state index in [-0.39, 0.29) is 0 Å². The molecular formula is C14H18N4O2. The van der Waals surface area contributed by atoms with Crippen LogP contribution in [0.4, 0.5) is 5.69 Å². The molecule has 1 fully saturated rings. The summed E-state index contributed by atoms with van der Waals surface area (Å²) in [6, 6.07) is 6.08. The van der Waals surface area contributed by atoms with Crippen LogP contribution in [-0.2, 0) is 11.8 Å². The van der Waals surface area contributed by atoms with Gasteiger partial charge in [0.2, 0.25) is 0 Å². The summed E-state index contributed by atoms with van der Waals surface area (Å²) in [5, 5.41) is 8.43. The van der Waals surface area contributed by atoms with Crippen LogP contribution in [0, 0.1) is 0 Å². The maximum absolute atomic E-state index is 11.7. The molecule has 2 heterocycles. The molecule has 1 aromatic heterocycles. The number of hydrogen-bond acceptors (Lipinski definition) is 5. The summed E-state index contributed by atoms with van der Waals surface area (Å²) in [6.45, 7) is 3.98. The van der Waals surface area contributed by atoms with Crippen LogP contribution in [0.3, 0.4) is 0 Å². The van der Waals surface area contributed by atoms with Crippen LogP contribution in [-0.4, -0.2) is 49.0 Å². The van der Waals surface area contributed by atoms with Crippen LogP contribution in [0.15, 0.2) is 18.2 Å². The number of aromatic nitrogens is 2. The number of aryl methyl sites for hydroxylation is 1. The first-order valence-corrected chi connectivity index (χ1v) is 6.71. The molecule has 3 rings (SSSR count). The van der Waals surface area contributed by atoms with E-state index >= 15 is 0 Å². The minimum Gasteiger partial charge on any atom is -0.464 e. The van der Waals surface area contributed by atoms with Crippen molar-refractivity contribution in [1.29, 1.82) is 0 Å². The Hall–Kier alpha value is -2.08. The number of carbonyl (C=O) groups is 1. The van der Waals surface area contributed by atoms with Gasteiger partial charge < -0.3 is 15.0 Å². The molecule has 0 spiro atoms. The highest BCUT2D eigenvalue weighted by Gasteiger charge is 2.18. The monoisotopic (exact) mass is 274 g/mol. The van der Waals surface area contributed by atoms with E-state index in [2.05, 4.69) is 21.4 Å². The zero-order valence-corrected chi connectivity index (χ0v) is 11.7. The van der Waals surface area contributed by atoms with Gasteiger partial charge in [-0.2, -0.15) is 5.10 Å². The Morgan fingerprint density at radius 1 is 1.35 bits per heavy atom. The van der Waals surface area contributed by atoms with E-state index < -0.39 is 5.97 Å². The molecule has 106 valence electrons. The number of fused-ring (bicyclic) bond motifs is 1. The number of anilines is 1. The summed E-state index contributed by atoms with van der Waals surface area (Å²) in [5.74, 6) is -0.398. The molecule has 0 bridgehead atoms. The second kappa shape index (κ2) is 5.13. The molecule has 0 radical (unpaired) electrons. The van der Waals surface area contributed by atoms with Gasteiger partial charge in [0.05, 0.1) is 12.6 Å². The lowest BCUT2D eigenvalue weighted by Gasteiger charge is -2.29. The lowest BCUT2D eigenvalue weighted by Crippen LogP contribution is -2.43. The lowest BCUT2D eigenvalue weighted by atomic mass is 10.1. The third-order valence-corrected chi connectivity index (χ3v) is 3.70. The molecule has 0 unspecified atom stereocenters. The molecule has 1 aliphatic heterocycles. The minimum absolute atomic E-state index is 0.372. The van der Waals surface area contributed by atoms with Crippen LogP contribution in [0.1, 0.15) is 10.5 Å². The molecule has 0 atom stereocenters. The minimum atomic E-state index is -0.398. The molecule has 0 saturated carbocycles. The zero-order chi connectivity index (χ0) is 14.1. The number of hydrogen-bond donors (Lipinski definition) is 1. The molecule has 2 aromatic rings. The van der Waals surface area contributed by atoms with E-state index in [1.807, 2.05) is 19.2 Å². The summed E-state index contributed by atoms with van der Waals surface area (Å²) in [6.07, 6.45) is 0. The highest BCUT2D eigenvalue weighted by atomic mass is 16.5. The predicted molar refractivity (Wildman–Crippen MR) is 77.1 cm³/mol. The number of piperazine rings is 1. The van der Waals surface area contributed by atoms with E-state index in [9.17, 15) is 4.79 Å². The number of methoxy groups -OCH3 is 1. The fourth-order valence-corrected chi connectivity index (χ4v) is 2.61. The van der Waals surface area contributed by atoms with Crippen LogP contribution >= 0.6 is 0 Å². The predicted octanol–water partition coefficient (Wildman–Crippen LogP) is 0.769. The Balaban J connectivity index is 2.03. The molecule has 1 saturated heterocycles. The second-order valence-electron chi connectivity index (χ2n) is 4.90. The number of carbonyl (C=O) groups excluding carboxylic acids is 1. The lowest BCUT2D eigenvalue weighted by molar-refractivity contribution is 0.0595. The van der Waals surface area contributed by atoms with Gasteiger partial charge in [0.15, 0.2) is 5.69 Å². The first-order valence-electron chi connectivity index (χ1n) is 6.71. The van der Waals surface area contributed by atoms with Crippen molar-refractivity contribution in [2.24, 2.45) is 7.05 Å². The quantitative estimate of drug-likeness (QED) is 0.820. The van der Waals surface area contributed by atoms with Crippen molar-refractivity contribution in [3.05, 3.63) is 23.9 Å². The van der Waals surface area contributed by atoms with Gasteiger partial charge in [-0.15, -0.1) is 0 Å². The normalized spacial score (nSPS) is 15.6. The summed E-state index contributed by atoms with van der Waals surface area (Å²) in [7, 11) is 3.22. The highest BCUT2D eigenvalue weighted by molar-refractivity contribution is 6.02. The average molecular weight is 274 g/mol. The summed E-state index contributed by atoms with van der Waals surface area (Å²) in [4.78, 5) is 14.0. The van der Waals surface area contributed by atoms with Crippen molar-refractivity contribution in [2.45, 2.75) is 0 Å². The van der Waals surface area contributed by atoms with Crippen LogP contribution in [0.2, 0.25) is 0 Å². The molecule has 0 amide bonds. The van der Waals surface area contributed by atoms with Crippen molar-refractivity contribution in [3.8, 4) is 0 Å². The maximum atomic E-state index is 11.7. The Labute approximate surface area is 117 Å². The molecule has 1 aromatic carbocycles. The first kappa shape index (κ1) is 12.9. The molecule has 0 aliphatic carbocycles. The summed E-state index contributed by atoms with van der Waals surface area (Å²) < 4.78 is 6.50. The van der Waals surface area contributed by atoms with E-state index in [0.29, 0.717) is 5.69 Å². The Morgan fingerprint density at radius 3 is 2.80 bits per heavy atom. The maximum Gasteiger partial charge on any atom is 0.359 e. The fraction of sp³-hybridized carbons (Fsp3) is 0.429. The number of esters is 1. The van der Waals surface area contributed by atoms with Crippen molar-refractivity contribution < 1.29 is 9.53 Å². The van der Waals surface area contributed by atoms with Crippen molar-refractivity contribution in [3.63, 3.8) is 0 Å². The molecule has 6 heteroatoms. The zero-order valence-electron chi connectivity index (χ0n) is 11.7. The Kier molecular flexibility index (Phi) is 3.31. The number of benzene rings is 1. The number of rotatable bonds is 2. The Morgan fingerprint density at radius 2 is 2.10 bits per heavy atom. The van der Waals surface area contributed by atoms with Gasteiger partial charge >= 0.3 is 5.97 Å². The largest absolute Gasteiger partial charge is 0.464 e. The Bertz CT molecular complexity index is 644. The third kappa shape index (κ3) is 2.12. The molecule has 1 aliphatic rings. The van der Waals surface area contributed by atoms with Gasteiger partial charge in [-0.25, -0.2) is 4.79 Å². The third-order valence-electron chi connectivity index (χ3n) is 3.70. The number of nitrogens with one attached hydrogen (secondary N) is 1. The van der Waals surface area contributed by atoms with Gasteiger partial charge in [0.1, 0.15) is 0 Å². The highest BCUT2D eigenvalue weighted by Crippen LogP contribution is 2.25. The van der Waals surface area contributed by atoms with Gasteiger partial charge in [-0.3, -0.25) is 4.68 Å². The summed E-state index contributed by atoms with van der Waals surface area (Å²) in [5.41, 5.74) is 2.48. The topological polar surface area (TPSA) is 59.4 Å². The van der Waals surface area contributed by atoms with Gasteiger partial charge in [0.25, 0.3) is 0 Å². The first-order chi connectivity index (χ1) is 9.70. The molecular weight excluding hydrogens is 256 g/mol. The van der Waals surface area contributed by atoms with Crippen molar-refractivity contribution in [2.75, 3.05) is 38.2 Å². The van der Waals surface area contributed by atoms with E-state index in [1.54, 1.807) is 4.68 Å². The molecule has 1 N–H and O–H groups in total. The van der Waals surface area contributed by atoms with Gasteiger partial charge in [-0.05, 0) is 18.2 Å². The van der Waals surface area contributed by atoms with Crippen molar-refractivity contribution >= 4 is 22.6 Å². The number of nitrogens with zero attached hydrogens (tertiary/aromatic N) is 3. The van der Waals surface area contributed by atoms with Gasteiger partial charge in [-0.1, -0.05) is 0 Å². The summed E-state index contributed by atoms with van der Waals surface area (Å²) >= 11 is 0. The second-order valence-corrected chi connectivity index (χ2v) is 4.90. The SMILES string of the molecule is COC(=O)c1nn(C)c2cc(N3CCNCC3)ccc12. The van der Waals surface area contributed by atoms with Crippen LogP contribution in [0.25, 0.3) is 10.9 Å². The smallest absolute Gasteiger partial charge is 0.359 e. The van der Waals surface area contributed by atoms with E-state index in [1.165, 1.54) is 12.8 Å². The van der Waals surface area contributed by atoms with E-state index in [4.69, 9.17) is 4.74 Å². The molecule has 6 nitrogen and oxygen atoms in total. The van der Waals surface area contributed by atoms with Crippen molar-refractivity contribution in [1.82, 2.24) is 15.1 Å². The fourth-order valence-electron chi connectivity index (χ4n) is 2.61. The van der Waals surface area contributed by atoms with Crippen LogP contribution in [0.5, 0.6) is 0 Å². The number of ether oxygens (including phenoxy) is 1. The standard InChI is InChI=1S/C14H18N4O2/c1-17-12-9-10(18-7-5-15-6-8-18)3-4-11(12)13(16-17)14(19)20-2/h3-4,9,15H,5-8H2,1-2H3. The van der Waals surface area contributed by atoms with E-state index in [0.717, 1.165) is 37.1 Å². The van der Waals surface area contributed by atoms with Gasteiger partial charge in [0, 0.05) is 44.3 Å². The molecule has 20 heavy (non-hydrogen) atoms. The average Bonchev–Trinajstić information content (AvgIpc) is 2.84.